The van der Waals surface area contributed by atoms with Gasteiger partial charge in [-0.05, 0) is 23.8 Å². The maximum Gasteiger partial charge on any atom is 0.553 e. The number of hydrogen-bond acceptors (Lipinski definition) is 37. The van der Waals surface area contributed by atoms with E-state index in [0.717, 1.165) is 0 Å². The Morgan fingerprint density at radius 2 is 0.573 bits per heavy atom. The third-order valence-corrected chi connectivity index (χ3v) is 23.7. The molecular formula is C29H61O37P16+. The Bertz CT molecular complexity index is 1610. The summed E-state index contributed by atoms with van der Waals surface area (Å²) < 4.78 is 206. The number of rotatable bonds is 65. The van der Waals surface area contributed by atoms with Crippen molar-refractivity contribution in [3.8, 4) is 0 Å². The van der Waals surface area contributed by atoms with Crippen LogP contribution in [0.15, 0.2) is 0 Å². The van der Waals surface area contributed by atoms with E-state index >= 15 is 0 Å². The Labute approximate surface area is 490 Å². The predicted molar refractivity (Wildman–Crippen MR) is 292 cm³/mol. The summed E-state index contributed by atoms with van der Waals surface area (Å²) in [7, 11) is -22.7. The average molecular weight is 1500 g/mol. The van der Waals surface area contributed by atoms with Gasteiger partial charge in [-0.2, -0.15) is 0 Å². The van der Waals surface area contributed by atoms with Crippen LogP contribution in [-0.2, 0) is 133 Å². The minimum absolute atomic E-state index is 0.00172. The molecule has 0 bridgehead atoms. The van der Waals surface area contributed by atoms with Crippen LogP contribution in [0.5, 0.6) is 0 Å². The second kappa shape index (κ2) is 61.6. The Morgan fingerprint density at radius 1 is 0.317 bits per heavy atom. The van der Waals surface area contributed by atoms with Crippen molar-refractivity contribution in [1.29, 1.82) is 0 Å². The Morgan fingerprint density at radius 3 is 0.878 bits per heavy atom. The minimum atomic E-state index is -2.38. The molecule has 0 saturated carbocycles. The van der Waals surface area contributed by atoms with Crippen molar-refractivity contribution in [2.75, 3.05) is 134 Å². The molecular weight excluding hydrogens is 1440 g/mol. The molecule has 0 aliphatic rings. The maximum atomic E-state index is 11.8. The van der Waals surface area contributed by atoms with Gasteiger partial charge < -0.3 is 101 Å². The molecule has 15 unspecified atom stereocenters. The summed E-state index contributed by atoms with van der Waals surface area (Å²) in [6.07, 6.45) is -5.95. The Hall–Kier alpha value is 3.08. The first-order valence-electron chi connectivity index (χ1n) is 22.1. The molecule has 53 heteroatoms. The van der Waals surface area contributed by atoms with Crippen molar-refractivity contribution in [1.82, 2.24) is 0 Å². The van der Waals surface area contributed by atoms with Gasteiger partial charge in [0.15, 0.2) is 54.3 Å². The van der Waals surface area contributed by atoms with Gasteiger partial charge in [0.25, 0.3) is 56.4 Å². The molecule has 0 aromatic carbocycles. The van der Waals surface area contributed by atoms with Crippen LogP contribution in [0.4, 0.5) is 0 Å². The lowest BCUT2D eigenvalue weighted by Gasteiger charge is -2.24. The molecule has 0 aliphatic carbocycles. The Balaban J connectivity index is 5.99. The SMILES string of the molecule is O=PP(OCO)OCC(COCC(CCOCC(CCOCC(CCOCC(COCC(COP[P+](=O)OCO)OP(OCO)P=O)OP(OCO)P=O)OP(OCO)P=O)OP(OCO)P=O)OP(OCO)P=O)OP(OCO)P=O. The largest absolute Gasteiger partial charge is 0.553 e. The summed E-state index contributed by atoms with van der Waals surface area (Å²) in [5.74, 6) is 0. The average Bonchev–Trinajstić information content (AvgIpc) is 3.48. The molecule has 0 amide bonds. The van der Waals surface area contributed by atoms with Gasteiger partial charge >= 0.3 is 16.2 Å². The highest BCUT2D eigenvalue weighted by atomic mass is 32.1. The fourth-order valence-electron chi connectivity index (χ4n) is 4.82. The molecule has 0 saturated heterocycles. The lowest BCUT2D eigenvalue weighted by atomic mass is 10.2. The quantitative estimate of drug-likeness (QED) is 0.0161. The zero-order chi connectivity index (χ0) is 60.9. The van der Waals surface area contributed by atoms with Crippen LogP contribution in [0.1, 0.15) is 19.3 Å². The van der Waals surface area contributed by atoms with Gasteiger partial charge in [-0.25, -0.2) is 0 Å². The molecule has 478 valence electrons. The second-order valence-corrected chi connectivity index (χ2v) is 34.3. The summed E-state index contributed by atoms with van der Waals surface area (Å²) in [6, 6.07) is 0. The minimum Gasteiger partial charge on any atom is -0.379 e. The summed E-state index contributed by atoms with van der Waals surface area (Å²) in [4.78, 5) is 0. The molecule has 0 spiro atoms. The van der Waals surface area contributed by atoms with Crippen molar-refractivity contribution < 1.29 is 173 Å². The Kier molecular flexibility index (Phi) is 63.9. The van der Waals surface area contributed by atoms with Gasteiger partial charge in [0, 0.05) is 19.8 Å². The smallest absolute Gasteiger partial charge is 0.379 e. The molecule has 0 rings (SSSR count). The predicted octanol–water partition coefficient (Wildman–Crippen LogP) is 8.20. The van der Waals surface area contributed by atoms with Gasteiger partial charge in [0.05, 0.1) is 77.8 Å². The zero-order valence-corrected chi connectivity index (χ0v) is 56.8. The standard InChI is InChI=1S/C29H61O37P16/c30-16-53-75(45)74-51-14-28(65-81(72-43)59-22-36)12-50-11-27(64-80(71-42)58-21-35)10-48-6-2-25(62-78(69-40)56-19-33)8-46-4-1-24(61-77(68-39)55-18-32)7-47-5-3-26(63-79(70-41)57-20-34)9-49-13-29(66-82(73-44)60-23-37)15-52-76(67-38)54-17-31/h24-37,74H,1-23H2/q+1. The number of aliphatic hydroxyl groups excluding tert-OH is 8. The first-order chi connectivity index (χ1) is 39.9. The van der Waals surface area contributed by atoms with Crippen molar-refractivity contribution >= 4 is 130 Å². The fraction of sp³-hybridized carbons (Fsp3) is 1.00. The lowest BCUT2D eigenvalue weighted by Crippen LogP contribution is -2.29. The van der Waals surface area contributed by atoms with E-state index in [1.54, 1.807) is 0 Å². The van der Waals surface area contributed by atoms with E-state index in [9.17, 15) is 56.9 Å². The highest BCUT2D eigenvalue weighted by molar-refractivity contribution is 8.13. The lowest BCUT2D eigenvalue weighted by molar-refractivity contribution is -0.0405. The van der Waals surface area contributed by atoms with Gasteiger partial charge in [-0.1, -0.05) is 0 Å². The van der Waals surface area contributed by atoms with E-state index in [1.807, 2.05) is 0 Å². The summed E-state index contributed by atoms with van der Waals surface area (Å²) in [5, 5.41) is 73.3. The van der Waals surface area contributed by atoms with Crippen LogP contribution < -0.4 is 0 Å². The normalized spacial score (nSPS) is 17.6. The van der Waals surface area contributed by atoms with Gasteiger partial charge in [0.1, 0.15) is 18.3 Å². The third kappa shape index (κ3) is 47.0. The summed E-state index contributed by atoms with van der Waals surface area (Å²) in [5.41, 5.74) is 0. The first-order valence-corrected chi connectivity index (χ1v) is 43.9. The molecule has 0 fully saturated rings. The number of hydrogen-bond donors (Lipinski definition) is 8. The number of ether oxygens (including phenoxy) is 5. The van der Waals surface area contributed by atoms with Crippen LogP contribution in [0.3, 0.4) is 0 Å². The van der Waals surface area contributed by atoms with E-state index in [-0.39, 0.29) is 98.5 Å². The molecule has 0 aliphatic heterocycles. The van der Waals surface area contributed by atoms with Crippen LogP contribution in [0.2, 0.25) is 0 Å². The van der Waals surface area contributed by atoms with E-state index in [4.69, 9.17) is 112 Å². The van der Waals surface area contributed by atoms with Crippen molar-refractivity contribution in [2.24, 2.45) is 0 Å². The van der Waals surface area contributed by atoms with Crippen molar-refractivity contribution in [3.05, 3.63) is 0 Å². The van der Waals surface area contributed by atoms with Crippen molar-refractivity contribution in [2.45, 2.75) is 55.9 Å². The van der Waals surface area contributed by atoms with Crippen LogP contribution in [0, 0.1) is 0 Å². The zero-order valence-electron chi connectivity index (χ0n) is 42.4. The van der Waals surface area contributed by atoms with Gasteiger partial charge in [0.2, 0.25) is 57.0 Å². The molecule has 0 aromatic heterocycles. The van der Waals surface area contributed by atoms with Gasteiger partial charge in [-0.3, -0.25) is 63.6 Å². The van der Waals surface area contributed by atoms with Crippen LogP contribution in [0.25, 0.3) is 0 Å². The fourth-order valence-corrected chi connectivity index (χ4v) is 16.2. The molecule has 82 heavy (non-hydrogen) atoms. The monoisotopic (exact) mass is 1500 g/mol. The van der Waals surface area contributed by atoms with Crippen LogP contribution in [-0.4, -0.2) is 211 Å². The van der Waals surface area contributed by atoms with E-state index < -0.39 is 221 Å². The molecule has 37 nitrogen and oxygen atoms in total. The maximum absolute atomic E-state index is 11.8. The molecule has 0 heterocycles. The van der Waals surface area contributed by atoms with E-state index in [0.29, 0.717) is 0 Å². The van der Waals surface area contributed by atoms with Crippen LogP contribution >= 0.6 is 130 Å². The van der Waals surface area contributed by atoms with Crippen molar-refractivity contribution in [3.63, 3.8) is 0 Å². The molecule has 8 N–H and O–H groups in total. The molecule has 15 atom stereocenters. The van der Waals surface area contributed by atoms with E-state index in [1.165, 1.54) is 0 Å². The van der Waals surface area contributed by atoms with Gasteiger partial charge in [-0.15, -0.1) is 4.52 Å². The highest BCUT2D eigenvalue weighted by Crippen LogP contribution is 2.57. The second-order valence-electron chi connectivity index (χ2n) is 13.3. The molecule has 0 radical (unpaired) electrons. The third-order valence-electron chi connectivity index (χ3n) is 7.91. The number of aliphatic hydroxyl groups is 8. The molecule has 0 aromatic rings. The van der Waals surface area contributed by atoms with E-state index in [2.05, 4.69) is 4.52 Å². The summed E-state index contributed by atoms with van der Waals surface area (Å²) in [6.45, 7) is -9.70. The first kappa shape index (κ1) is 85.1. The highest BCUT2D eigenvalue weighted by Gasteiger charge is 2.29. The topological polar surface area (TPSA) is 492 Å². The summed E-state index contributed by atoms with van der Waals surface area (Å²) >= 11 is 0.